The zero-order valence-electron chi connectivity index (χ0n) is 13.0. The first-order valence-corrected chi connectivity index (χ1v) is 8.93. The van der Waals surface area contributed by atoms with E-state index in [4.69, 9.17) is 5.73 Å². The van der Waals surface area contributed by atoms with Crippen LogP contribution >= 0.6 is 0 Å². The zero-order valence-corrected chi connectivity index (χ0v) is 13.8. The van der Waals surface area contributed by atoms with Crippen LogP contribution in [0.2, 0.25) is 0 Å². The fraction of sp³-hybridized carbons (Fsp3) is 0.625. The molecule has 1 saturated heterocycles. The van der Waals surface area contributed by atoms with Crippen molar-refractivity contribution in [3.05, 3.63) is 24.3 Å². The molecule has 1 heterocycles. The molecule has 1 aliphatic carbocycles. The van der Waals surface area contributed by atoms with Crippen molar-refractivity contribution >= 4 is 15.7 Å². The maximum absolute atomic E-state index is 12.9. The number of rotatable bonds is 2. The van der Waals surface area contributed by atoms with Gasteiger partial charge in [0, 0.05) is 18.3 Å². The van der Waals surface area contributed by atoms with Gasteiger partial charge in [-0.2, -0.15) is 4.31 Å². The summed E-state index contributed by atoms with van der Waals surface area (Å²) in [5, 5.41) is 0. The van der Waals surface area contributed by atoms with Crippen molar-refractivity contribution in [1.82, 2.24) is 4.31 Å². The number of nitrogen functional groups attached to an aromatic ring is 1. The number of nitrogens with two attached hydrogens (primary N) is 1. The third kappa shape index (κ3) is 2.57. The Kier molecular flexibility index (Phi) is 3.16. The van der Waals surface area contributed by atoms with Crippen LogP contribution in [0.5, 0.6) is 0 Å². The molecule has 0 radical (unpaired) electrons. The van der Waals surface area contributed by atoms with Crippen LogP contribution in [0, 0.1) is 10.8 Å². The highest BCUT2D eigenvalue weighted by atomic mass is 32.2. The first-order valence-electron chi connectivity index (χ1n) is 7.49. The number of hydrogen-bond donors (Lipinski definition) is 1. The standard InChI is InChI=1S/C16H24N2O2S/c1-15(2)8-13-9-16(3,10-15)11-18(13)21(19,20)14-6-4-12(17)5-7-14/h4-7,13H,8-11,17H2,1-3H3/t13-,16-/m1/s1. The van der Waals surface area contributed by atoms with E-state index in [1.165, 1.54) is 0 Å². The van der Waals surface area contributed by atoms with Crippen molar-refractivity contribution in [2.45, 2.75) is 51.0 Å². The molecule has 1 aromatic rings. The lowest BCUT2D eigenvalue weighted by Gasteiger charge is -2.39. The second-order valence-electron chi connectivity index (χ2n) is 7.83. The zero-order chi connectivity index (χ0) is 15.5. The number of hydrogen-bond acceptors (Lipinski definition) is 3. The van der Waals surface area contributed by atoms with Crippen LogP contribution < -0.4 is 5.73 Å². The minimum absolute atomic E-state index is 0.104. The fourth-order valence-electron chi connectivity index (χ4n) is 4.46. The van der Waals surface area contributed by atoms with Crippen molar-refractivity contribution < 1.29 is 8.42 Å². The minimum atomic E-state index is -3.42. The molecular formula is C16H24N2O2S. The Morgan fingerprint density at radius 3 is 2.38 bits per heavy atom. The highest BCUT2D eigenvalue weighted by Gasteiger charge is 2.53. The Morgan fingerprint density at radius 2 is 1.76 bits per heavy atom. The molecule has 2 N–H and O–H groups in total. The molecule has 0 aromatic heterocycles. The monoisotopic (exact) mass is 308 g/mol. The van der Waals surface area contributed by atoms with Crippen molar-refractivity contribution in [2.75, 3.05) is 12.3 Å². The normalized spacial score (nSPS) is 32.2. The van der Waals surface area contributed by atoms with Gasteiger partial charge in [0.25, 0.3) is 0 Å². The van der Waals surface area contributed by atoms with Crippen molar-refractivity contribution in [2.24, 2.45) is 10.8 Å². The van der Waals surface area contributed by atoms with Gasteiger partial charge in [-0.3, -0.25) is 0 Å². The number of anilines is 1. The summed E-state index contributed by atoms with van der Waals surface area (Å²) in [6.07, 6.45) is 3.01. The summed E-state index contributed by atoms with van der Waals surface area (Å²) in [4.78, 5) is 0.352. The molecule has 2 aliphatic rings. The minimum Gasteiger partial charge on any atom is -0.399 e. The van der Waals surface area contributed by atoms with Crippen molar-refractivity contribution in [3.63, 3.8) is 0 Å². The number of fused-ring (bicyclic) bond motifs is 2. The Morgan fingerprint density at radius 1 is 1.14 bits per heavy atom. The molecule has 2 atom stereocenters. The molecule has 3 rings (SSSR count). The molecule has 116 valence electrons. The van der Waals surface area contributed by atoms with Gasteiger partial charge < -0.3 is 5.73 Å². The first kappa shape index (κ1) is 14.9. The average Bonchev–Trinajstić information content (AvgIpc) is 2.59. The summed E-state index contributed by atoms with van der Waals surface area (Å²) < 4.78 is 27.6. The quantitative estimate of drug-likeness (QED) is 0.855. The summed E-state index contributed by atoms with van der Waals surface area (Å²) in [6, 6.07) is 6.66. The van der Waals surface area contributed by atoms with Gasteiger partial charge in [-0.25, -0.2) is 8.42 Å². The predicted molar refractivity (Wildman–Crippen MR) is 84.3 cm³/mol. The van der Waals surface area contributed by atoms with Crippen LogP contribution in [0.4, 0.5) is 5.69 Å². The lowest BCUT2D eigenvalue weighted by Crippen LogP contribution is -2.37. The number of nitrogens with zero attached hydrogens (tertiary/aromatic N) is 1. The third-order valence-corrected chi connectivity index (χ3v) is 6.77. The van der Waals surface area contributed by atoms with Crippen molar-refractivity contribution in [3.8, 4) is 0 Å². The summed E-state index contributed by atoms with van der Waals surface area (Å²) in [6.45, 7) is 7.35. The summed E-state index contributed by atoms with van der Waals surface area (Å²) >= 11 is 0. The second-order valence-corrected chi connectivity index (χ2v) is 9.72. The summed E-state index contributed by atoms with van der Waals surface area (Å²) in [7, 11) is -3.42. The van der Waals surface area contributed by atoms with E-state index >= 15 is 0 Å². The molecule has 2 fully saturated rings. The molecule has 21 heavy (non-hydrogen) atoms. The van der Waals surface area contributed by atoms with E-state index in [0.29, 0.717) is 17.1 Å². The lowest BCUT2D eigenvalue weighted by molar-refractivity contribution is 0.133. The highest BCUT2D eigenvalue weighted by Crippen LogP contribution is 2.53. The topological polar surface area (TPSA) is 63.4 Å². The Labute approximate surface area is 127 Å². The molecular weight excluding hydrogens is 284 g/mol. The summed E-state index contributed by atoms with van der Waals surface area (Å²) in [5.41, 5.74) is 6.56. The van der Waals surface area contributed by atoms with E-state index in [1.54, 1.807) is 28.6 Å². The molecule has 1 saturated carbocycles. The third-order valence-electron chi connectivity index (χ3n) is 4.85. The van der Waals surface area contributed by atoms with Gasteiger partial charge >= 0.3 is 0 Å². The van der Waals surface area contributed by atoms with Gasteiger partial charge in [-0.15, -0.1) is 0 Å². The maximum Gasteiger partial charge on any atom is 0.243 e. The van der Waals surface area contributed by atoms with E-state index in [1.807, 2.05) is 0 Å². The molecule has 5 heteroatoms. The lowest BCUT2D eigenvalue weighted by atomic mass is 9.65. The SMILES string of the molecule is CC1(C)C[C@@H]2C[C@@](C)(CN2S(=O)(=O)c2ccc(N)cc2)C1. The average molecular weight is 308 g/mol. The molecule has 2 bridgehead atoms. The van der Waals surface area contributed by atoms with Crippen LogP contribution in [0.1, 0.15) is 40.0 Å². The number of benzene rings is 1. The highest BCUT2D eigenvalue weighted by molar-refractivity contribution is 7.89. The second kappa shape index (κ2) is 4.46. The van der Waals surface area contributed by atoms with Crippen LogP contribution in [-0.4, -0.2) is 25.3 Å². The Balaban J connectivity index is 1.96. The van der Waals surface area contributed by atoms with Crippen LogP contribution in [0.25, 0.3) is 0 Å². The van der Waals surface area contributed by atoms with Gasteiger partial charge in [0.1, 0.15) is 0 Å². The maximum atomic E-state index is 12.9. The fourth-order valence-corrected chi connectivity index (χ4v) is 6.24. The van der Waals surface area contributed by atoms with E-state index in [0.717, 1.165) is 19.3 Å². The van der Waals surface area contributed by atoms with E-state index < -0.39 is 10.0 Å². The molecule has 0 unspecified atom stereocenters. The number of sulfonamides is 1. The van der Waals surface area contributed by atoms with Gasteiger partial charge in [0.2, 0.25) is 10.0 Å². The predicted octanol–water partition coefficient (Wildman–Crippen LogP) is 2.86. The Hall–Kier alpha value is -1.07. The van der Waals surface area contributed by atoms with Gasteiger partial charge in [-0.1, -0.05) is 20.8 Å². The van der Waals surface area contributed by atoms with Crippen LogP contribution in [-0.2, 0) is 10.0 Å². The van der Waals surface area contributed by atoms with Crippen molar-refractivity contribution in [1.29, 1.82) is 0 Å². The van der Waals surface area contributed by atoms with Gasteiger partial charge in [-0.05, 0) is 54.4 Å². The summed E-state index contributed by atoms with van der Waals surface area (Å²) in [5.74, 6) is 0. The molecule has 4 nitrogen and oxygen atoms in total. The smallest absolute Gasteiger partial charge is 0.243 e. The van der Waals surface area contributed by atoms with Crippen LogP contribution in [0.15, 0.2) is 29.2 Å². The van der Waals surface area contributed by atoms with E-state index in [2.05, 4.69) is 20.8 Å². The van der Waals surface area contributed by atoms with Gasteiger partial charge in [0.05, 0.1) is 4.90 Å². The first-order chi connectivity index (χ1) is 9.61. The molecule has 0 spiro atoms. The molecule has 0 amide bonds. The van der Waals surface area contributed by atoms with E-state index in [9.17, 15) is 8.42 Å². The molecule has 1 aromatic carbocycles. The van der Waals surface area contributed by atoms with Crippen LogP contribution in [0.3, 0.4) is 0 Å². The largest absolute Gasteiger partial charge is 0.399 e. The van der Waals surface area contributed by atoms with E-state index in [-0.39, 0.29) is 16.9 Å². The Bertz CT molecular complexity index is 651. The molecule has 1 aliphatic heterocycles. The van der Waals surface area contributed by atoms with Gasteiger partial charge in [0.15, 0.2) is 0 Å².